The van der Waals surface area contributed by atoms with Crippen molar-refractivity contribution in [1.82, 2.24) is 13.5 Å². The van der Waals surface area contributed by atoms with E-state index in [1.165, 1.54) is 34.8 Å². The predicted molar refractivity (Wildman–Crippen MR) is 82.5 cm³/mol. The Morgan fingerprint density at radius 1 is 1.23 bits per heavy atom. The van der Waals surface area contributed by atoms with Crippen LogP contribution < -0.4 is 4.74 Å². The maximum Gasteiger partial charge on any atom is 0.281 e. The van der Waals surface area contributed by atoms with E-state index >= 15 is 0 Å². The van der Waals surface area contributed by atoms with E-state index in [2.05, 4.69) is 4.90 Å². The molecule has 6 nitrogen and oxygen atoms in total. The predicted octanol–water partition coefficient (Wildman–Crippen LogP) is 0.629. The topological polar surface area (TPSA) is 53.1 Å². The summed E-state index contributed by atoms with van der Waals surface area (Å²) >= 11 is 0. The molecule has 0 bridgehead atoms. The highest BCUT2D eigenvalue weighted by atomic mass is 32.2. The van der Waals surface area contributed by atoms with E-state index in [1.807, 2.05) is 0 Å². The molecule has 22 heavy (non-hydrogen) atoms. The lowest BCUT2D eigenvalue weighted by Gasteiger charge is -2.34. The fourth-order valence-corrected chi connectivity index (χ4v) is 3.35. The first-order valence-corrected chi connectivity index (χ1v) is 8.57. The molecule has 0 saturated carbocycles. The molecule has 0 aromatic heterocycles. The van der Waals surface area contributed by atoms with E-state index in [0.717, 1.165) is 0 Å². The SMILES string of the molecule is CN(C)S(=O)(=O)N1CCN(CCOc2cccc(F)c2)CC1. The van der Waals surface area contributed by atoms with Crippen molar-refractivity contribution in [1.29, 1.82) is 0 Å². The molecule has 0 unspecified atom stereocenters. The van der Waals surface area contributed by atoms with E-state index in [4.69, 9.17) is 4.74 Å². The van der Waals surface area contributed by atoms with Gasteiger partial charge in [0.1, 0.15) is 18.2 Å². The van der Waals surface area contributed by atoms with Gasteiger partial charge in [0.15, 0.2) is 0 Å². The lowest BCUT2D eigenvalue weighted by molar-refractivity contribution is 0.156. The highest BCUT2D eigenvalue weighted by Gasteiger charge is 2.28. The van der Waals surface area contributed by atoms with E-state index in [-0.39, 0.29) is 5.82 Å². The van der Waals surface area contributed by atoms with Crippen LogP contribution in [-0.2, 0) is 10.2 Å². The number of rotatable bonds is 6. The monoisotopic (exact) mass is 331 g/mol. The van der Waals surface area contributed by atoms with Crippen molar-refractivity contribution in [2.24, 2.45) is 0 Å². The maximum absolute atomic E-state index is 13.0. The number of ether oxygens (including phenoxy) is 1. The third-order valence-corrected chi connectivity index (χ3v) is 5.53. The molecule has 0 aliphatic carbocycles. The second-order valence-corrected chi connectivity index (χ2v) is 7.48. The van der Waals surface area contributed by atoms with Crippen LogP contribution in [0.4, 0.5) is 4.39 Å². The largest absolute Gasteiger partial charge is 0.492 e. The van der Waals surface area contributed by atoms with Gasteiger partial charge >= 0.3 is 0 Å². The molecule has 1 aromatic rings. The molecule has 0 spiro atoms. The molecule has 1 heterocycles. The van der Waals surface area contributed by atoms with Gasteiger partial charge in [0.05, 0.1) is 0 Å². The van der Waals surface area contributed by atoms with Gasteiger partial charge in [-0.15, -0.1) is 0 Å². The number of halogens is 1. The Morgan fingerprint density at radius 3 is 2.50 bits per heavy atom. The van der Waals surface area contributed by atoms with Crippen LogP contribution in [0.3, 0.4) is 0 Å². The maximum atomic E-state index is 13.0. The first kappa shape index (κ1) is 17.1. The molecule has 1 aliphatic rings. The zero-order valence-corrected chi connectivity index (χ0v) is 13.7. The van der Waals surface area contributed by atoms with Crippen LogP contribution in [0.5, 0.6) is 5.75 Å². The minimum Gasteiger partial charge on any atom is -0.492 e. The second-order valence-electron chi connectivity index (χ2n) is 5.34. The third kappa shape index (κ3) is 4.39. The molecule has 1 saturated heterocycles. The summed E-state index contributed by atoms with van der Waals surface area (Å²) in [6.07, 6.45) is 0. The van der Waals surface area contributed by atoms with Gasteiger partial charge in [-0.05, 0) is 12.1 Å². The van der Waals surface area contributed by atoms with Crippen LogP contribution in [0.15, 0.2) is 24.3 Å². The summed E-state index contributed by atoms with van der Waals surface area (Å²) < 4.78 is 45.2. The summed E-state index contributed by atoms with van der Waals surface area (Å²) in [6.45, 7) is 3.41. The van der Waals surface area contributed by atoms with Crippen LogP contribution in [0, 0.1) is 5.82 Å². The van der Waals surface area contributed by atoms with Gasteiger partial charge in [-0.2, -0.15) is 17.0 Å². The lowest BCUT2D eigenvalue weighted by atomic mass is 10.3. The Bertz CT molecular complexity index is 587. The number of piperazine rings is 1. The zero-order valence-electron chi connectivity index (χ0n) is 12.9. The van der Waals surface area contributed by atoms with Crippen LogP contribution in [0.25, 0.3) is 0 Å². The second kappa shape index (κ2) is 7.36. The molecular weight excluding hydrogens is 309 g/mol. The van der Waals surface area contributed by atoms with E-state index < -0.39 is 10.2 Å². The summed E-state index contributed by atoms with van der Waals surface area (Å²) in [5.74, 6) is 0.189. The van der Waals surface area contributed by atoms with Crippen molar-refractivity contribution in [3.05, 3.63) is 30.1 Å². The molecule has 0 radical (unpaired) electrons. The molecule has 1 aliphatic heterocycles. The van der Waals surface area contributed by atoms with Gasteiger partial charge in [0.2, 0.25) is 0 Å². The van der Waals surface area contributed by atoms with E-state index in [1.54, 1.807) is 12.1 Å². The van der Waals surface area contributed by atoms with E-state index in [9.17, 15) is 12.8 Å². The number of nitrogens with zero attached hydrogens (tertiary/aromatic N) is 3. The van der Waals surface area contributed by atoms with Crippen LogP contribution >= 0.6 is 0 Å². The van der Waals surface area contributed by atoms with Gasteiger partial charge in [-0.3, -0.25) is 4.90 Å². The number of hydrogen-bond donors (Lipinski definition) is 0. The normalized spacial score (nSPS) is 17.8. The summed E-state index contributed by atoms with van der Waals surface area (Å²) in [5, 5.41) is 0. The molecule has 2 rings (SSSR count). The Kier molecular flexibility index (Phi) is 5.74. The van der Waals surface area contributed by atoms with Crippen molar-refractivity contribution in [3.63, 3.8) is 0 Å². The first-order chi connectivity index (χ1) is 10.4. The molecule has 8 heteroatoms. The van der Waals surface area contributed by atoms with Gasteiger partial charge in [0.25, 0.3) is 10.2 Å². The van der Waals surface area contributed by atoms with Crippen molar-refractivity contribution in [2.75, 3.05) is 53.4 Å². The van der Waals surface area contributed by atoms with Crippen LogP contribution in [-0.4, -0.2) is 75.4 Å². The summed E-state index contributed by atoms with van der Waals surface area (Å²) in [6, 6.07) is 6.04. The Labute approximate surface area is 131 Å². The van der Waals surface area contributed by atoms with Gasteiger partial charge in [-0.25, -0.2) is 4.39 Å². The lowest BCUT2D eigenvalue weighted by Crippen LogP contribution is -2.52. The van der Waals surface area contributed by atoms with E-state index in [0.29, 0.717) is 45.1 Å². The van der Waals surface area contributed by atoms with Crippen LogP contribution in [0.1, 0.15) is 0 Å². The number of benzene rings is 1. The molecular formula is C14H22FN3O3S. The van der Waals surface area contributed by atoms with Crippen molar-refractivity contribution < 1.29 is 17.5 Å². The molecule has 0 amide bonds. The molecule has 124 valence electrons. The number of hydrogen-bond acceptors (Lipinski definition) is 4. The average Bonchev–Trinajstić information content (AvgIpc) is 2.48. The zero-order chi connectivity index (χ0) is 16.2. The molecule has 1 fully saturated rings. The van der Waals surface area contributed by atoms with Crippen molar-refractivity contribution in [3.8, 4) is 5.75 Å². The van der Waals surface area contributed by atoms with Gasteiger partial charge in [0, 0.05) is 52.9 Å². The Morgan fingerprint density at radius 2 is 1.91 bits per heavy atom. The van der Waals surface area contributed by atoms with Crippen molar-refractivity contribution >= 4 is 10.2 Å². The molecule has 1 aromatic carbocycles. The fraction of sp³-hybridized carbons (Fsp3) is 0.571. The molecule has 0 N–H and O–H groups in total. The standard InChI is InChI=1S/C14H22FN3O3S/c1-16(2)22(19,20)18-8-6-17(7-9-18)10-11-21-14-5-3-4-13(15)12-14/h3-5,12H,6-11H2,1-2H3. The Balaban J connectivity index is 1.74. The van der Waals surface area contributed by atoms with Crippen LogP contribution in [0.2, 0.25) is 0 Å². The smallest absolute Gasteiger partial charge is 0.281 e. The van der Waals surface area contributed by atoms with Crippen molar-refractivity contribution in [2.45, 2.75) is 0 Å². The fourth-order valence-electron chi connectivity index (χ4n) is 2.26. The average molecular weight is 331 g/mol. The van der Waals surface area contributed by atoms with Gasteiger partial charge in [-0.1, -0.05) is 6.07 Å². The summed E-state index contributed by atoms with van der Waals surface area (Å²) in [4.78, 5) is 2.14. The quantitative estimate of drug-likeness (QED) is 0.767. The van der Waals surface area contributed by atoms with Gasteiger partial charge < -0.3 is 4.74 Å². The summed E-state index contributed by atoms with van der Waals surface area (Å²) in [7, 11) is -0.252. The Hall–Kier alpha value is -1.22. The summed E-state index contributed by atoms with van der Waals surface area (Å²) in [5.41, 5.74) is 0. The minimum atomic E-state index is -3.32. The minimum absolute atomic E-state index is 0.319. The molecule has 0 atom stereocenters. The third-order valence-electron chi connectivity index (χ3n) is 3.59. The highest BCUT2D eigenvalue weighted by Crippen LogP contribution is 2.13. The highest BCUT2D eigenvalue weighted by molar-refractivity contribution is 7.86. The first-order valence-electron chi connectivity index (χ1n) is 7.18.